The van der Waals surface area contributed by atoms with Gasteiger partial charge in [-0.15, -0.1) is 11.8 Å². The van der Waals surface area contributed by atoms with Crippen molar-refractivity contribution in [1.82, 2.24) is 10.5 Å². The Kier molecular flexibility index (Phi) is 5.42. The number of hydrogen-bond acceptors (Lipinski definition) is 6. The Morgan fingerprint density at radius 3 is 2.39 bits per heavy atom. The summed E-state index contributed by atoms with van der Waals surface area (Å²) < 4.78 is 11.1. The highest BCUT2D eigenvalue weighted by molar-refractivity contribution is 8.00. The maximum absolute atomic E-state index is 13.1. The maximum Gasteiger partial charge on any atom is 0.291 e. The summed E-state index contributed by atoms with van der Waals surface area (Å²) in [7, 11) is 0. The minimum atomic E-state index is -0.985. The van der Waals surface area contributed by atoms with Crippen molar-refractivity contribution in [1.29, 1.82) is 0 Å². The minimum absolute atomic E-state index is 0.0851. The normalized spacial score (nSPS) is 31.4. The molecule has 1 aromatic rings. The van der Waals surface area contributed by atoms with Crippen LogP contribution in [0, 0.1) is 23.7 Å². The van der Waals surface area contributed by atoms with Crippen LogP contribution in [0.25, 0.3) is 0 Å². The van der Waals surface area contributed by atoms with Crippen molar-refractivity contribution in [2.75, 3.05) is 6.61 Å². The molecule has 6 nitrogen and oxygen atoms in total. The zero-order valence-corrected chi connectivity index (χ0v) is 18.1. The third-order valence-electron chi connectivity index (χ3n) is 6.27. The first-order valence-corrected chi connectivity index (χ1v) is 11.4. The van der Waals surface area contributed by atoms with E-state index < -0.39 is 5.60 Å². The quantitative estimate of drug-likeness (QED) is 0.666. The van der Waals surface area contributed by atoms with Gasteiger partial charge in [0, 0.05) is 11.3 Å². The van der Waals surface area contributed by atoms with E-state index in [-0.39, 0.29) is 35.4 Å². The number of hydrogen-bond donors (Lipinski definition) is 2. The fourth-order valence-electron chi connectivity index (χ4n) is 5.47. The highest BCUT2D eigenvalue weighted by atomic mass is 32.2. The molecule has 0 atom stereocenters. The zero-order valence-electron chi connectivity index (χ0n) is 17.2. The summed E-state index contributed by atoms with van der Waals surface area (Å²) in [6.07, 6.45) is 6.40. The molecule has 0 radical (unpaired) electrons. The maximum atomic E-state index is 13.1. The highest BCUT2D eigenvalue weighted by Crippen LogP contribution is 2.53. The van der Waals surface area contributed by atoms with Crippen LogP contribution in [0.2, 0.25) is 0 Å². The Morgan fingerprint density at radius 2 is 1.86 bits per heavy atom. The van der Waals surface area contributed by atoms with Crippen LogP contribution in [0.3, 0.4) is 0 Å². The predicted octanol–water partition coefficient (Wildman–Crippen LogP) is 3.88. The van der Waals surface area contributed by atoms with Crippen LogP contribution in [0.15, 0.2) is 9.42 Å². The molecule has 2 N–H and O–H groups in total. The molecule has 1 aromatic heterocycles. The van der Waals surface area contributed by atoms with Crippen LogP contribution in [0.4, 0.5) is 0 Å². The standard InChI is InChI=1S/C21H32N2O4S/c1-11(2)28-18-17(27-23-20(18)26-10-21(3,4)25)19(24)22-16-14-6-12-5-13(8-14)9-15(16)7-12/h11-16,25H,5-10H2,1-4H3,(H,22,24). The molecule has 4 saturated carbocycles. The number of thioether (sulfide) groups is 1. The van der Waals surface area contributed by atoms with Crippen LogP contribution in [0.1, 0.15) is 70.4 Å². The largest absolute Gasteiger partial charge is 0.472 e. The van der Waals surface area contributed by atoms with Gasteiger partial charge >= 0.3 is 0 Å². The van der Waals surface area contributed by atoms with E-state index in [2.05, 4.69) is 24.3 Å². The summed E-state index contributed by atoms with van der Waals surface area (Å²) in [6, 6.07) is 0.253. The van der Waals surface area contributed by atoms with Crippen molar-refractivity contribution in [2.24, 2.45) is 23.7 Å². The summed E-state index contributed by atoms with van der Waals surface area (Å²) in [6.45, 7) is 7.53. The van der Waals surface area contributed by atoms with Gasteiger partial charge in [-0.05, 0) is 74.8 Å². The molecule has 28 heavy (non-hydrogen) atoms. The fourth-order valence-corrected chi connectivity index (χ4v) is 6.37. The fraction of sp³-hybridized carbons (Fsp3) is 0.810. The molecular weight excluding hydrogens is 376 g/mol. The van der Waals surface area contributed by atoms with E-state index in [1.54, 1.807) is 13.8 Å². The van der Waals surface area contributed by atoms with E-state index >= 15 is 0 Å². The number of aromatic nitrogens is 1. The van der Waals surface area contributed by atoms with E-state index in [0.29, 0.717) is 16.7 Å². The topological polar surface area (TPSA) is 84.6 Å². The van der Waals surface area contributed by atoms with Crippen molar-refractivity contribution < 1.29 is 19.2 Å². The number of nitrogens with one attached hydrogen (secondary N) is 1. The number of nitrogens with zero attached hydrogens (tertiary/aromatic N) is 1. The Morgan fingerprint density at radius 1 is 1.25 bits per heavy atom. The molecule has 7 heteroatoms. The third kappa shape index (κ3) is 4.20. The second kappa shape index (κ2) is 7.56. The molecule has 0 aliphatic heterocycles. The number of rotatable bonds is 7. The number of amides is 1. The molecule has 4 aliphatic carbocycles. The Labute approximate surface area is 171 Å². The number of carbonyl (C=O) groups excluding carboxylic acids is 1. The van der Waals surface area contributed by atoms with E-state index in [1.165, 1.54) is 43.9 Å². The summed E-state index contributed by atoms with van der Waals surface area (Å²) in [5.41, 5.74) is -0.985. The van der Waals surface area contributed by atoms with E-state index in [4.69, 9.17) is 9.26 Å². The van der Waals surface area contributed by atoms with Crippen LogP contribution in [-0.2, 0) is 0 Å². The lowest BCUT2D eigenvalue weighted by Crippen LogP contribution is -2.55. The van der Waals surface area contributed by atoms with Gasteiger partial charge in [-0.2, -0.15) is 0 Å². The van der Waals surface area contributed by atoms with Crippen LogP contribution in [0.5, 0.6) is 5.88 Å². The van der Waals surface area contributed by atoms with Gasteiger partial charge in [-0.1, -0.05) is 13.8 Å². The highest BCUT2D eigenvalue weighted by Gasteiger charge is 2.49. The average Bonchev–Trinajstić information content (AvgIpc) is 2.97. The van der Waals surface area contributed by atoms with Crippen LogP contribution >= 0.6 is 11.8 Å². The second-order valence-corrected chi connectivity index (χ2v) is 11.4. The van der Waals surface area contributed by atoms with E-state index in [0.717, 1.165) is 11.8 Å². The van der Waals surface area contributed by atoms with Gasteiger partial charge < -0.3 is 19.7 Å². The number of aliphatic hydroxyl groups is 1. The third-order valence-corrected chi connectivity index (χ3v) is 7.33. The Balaban J connectivity index is 1.49. The van der Waals surface area contributed by atoms with Crippen molar-refractivity contribution in [3.63, 3.8) is 0 Å². The number of carbonyl (C=O) groups is 1. The molecule has 4 fully saturated rings. The monoisotopic (exact) mass is 408 g/mol. The Bertz CT molecular complexity index is 696. The first-order valence-electron chi connectivity index (χ1n) is 10.5. The molecule has 1 heterocycles. The molecule has 5 rings (SSSR count). The lowest BCUT2D eigenvalue weighted by Gasteiger charge is -2.54. The number of ether oxygens (including phenoxy) is 1. The predicted molar refractivity (Wildman–Crippen MR) is 108 cm³/mol. The minimum Gasteiger partial charge on any atom is -0.472 e. The Hall–Kier alpha value is -1.21. The molecule has 0 saturated heterocycles. The van der Waals surface area contributed by atoms with Gasteiger partial charge in [0.2, 0.25) is 5.76 Å². The van der Waals surface area contributed by atoms with Gasteiger partial charge in [-0.3, -0.25) is 4.79 Å². The molecule has 1 amide bonds. The zero-order chi connectivity index (χ0) is 20.1. The second-order valence-electron chi connectivity index (χ2n) is 9.84. The van der Waals surface area contributed by atoms with Crippen LogP contribution < -0.4 is 10.1 Å². The van der Waals surface area contributed by atoms with Crippen molar-refractivity contribution >= 4 is 17.7 Å². The first kappa shape index (κ1) is 20.1. The summed E-state index contributed by atoms with van der Waals surface area (Å²) in [5.74, 6) is 3.29. The van der Waals surface area contributed by atoms with Gasteiger partial charge in [-0.25, -0.2) is 0 Å². The molecule has 0 aromatic carbocycles. The van der Waals surface area contributed by atoms with Gasteiger partial charge in [0.25, 0.3) is 11.8 Å². The molecule has 0 unspecified atom stereocenters. The SMILES string of the molecule is CC(C)Sc1c(OCC(C)(C)O)noc1C(=O)NC1C2CC3CC(C2)CC1C3. The van der Waals surface area contributed by atoms with Gasteiger partial charge in [0.1, 0.15) is 11.5 Å². The first-order chi connectivity index (χ1) is 13.2. The van der Waals surface area contributed by atoms with Crippen LogP contribution in [-0.4, -0.2) is 39.7 Å². The van der Waals surface area contributed by atoms with Crippen molar-refractivity contribution in [3.8, 4) is 5.88 Å². The van der Waals surface area contributed by atoms with Gasteiger partial charge in [0.15, 0.2) is 0 Å². The lowest BCUT2D eigenvalue weighted by atomic mass is 9.54. The molecule has 156 valence electrons. The summed E-state index contributed by atoms with van der Waals surface area (Å²) in [4.78, 5) is 13.7. The molecule has 0 spiro atoms. The van der Waals surface area contributed by atoms with Gasteiger partial charge in [0.05, 0.1) is 5.60 Å². The smallest absolute Gasteiger partial charge is 0.291 e. The molecular formula is C21H32N2O4S. The van der Waals surface area contributed by atoms with Crippen molar-refractivity contribution in [2.45, 2.75) is 81.6 Å². The molecule has 4 aliphatic rings. The molecule has 4 bridgehead atoms. The van der Waals surface area contributed by atoms with E-state index in [1.807, 2.05) is 0 Å². The van der Waals surface area contributed by atoms with E-state index in [9.17, 15) is 9.90 Å². The summed E-state index contributed by atoms with van der Waals surface area (Å²) in [5, 5.41) is 17.5. The average molecular weight is 409 g/mol. The lowest BCUT2D eigenvalue weighted by molar-refractivity contribution is -0.0124. The summed E-state index contributed by atoms with van der Waals surface area (Å²) >= 11 is 1.50. The van der Waals surface area contributed by atoms with Crippen molar-refractivity contribution in [3.05, 3.63) is 5.76 Å².